The second-order valence-electron chi connectivity index (χ2n) is 8.30. The molecule has 2 heterocycles. The summed E-state index contributed by atoms with van der Waals surface area (Å²) in [5.74, 6) is 0.459. The third-order valence-electron chi connectivity index (χ3n) is 6.41. The number of ether oxygens (including phenoxy) is 1. The van der Waals surface area contributed by atoms with Gasteiger partial charge in [0, 0.05) is 48.1 Å². The fourth-order valence-electron chi connectivity index (χ4n) is 4.50. The number of benzene rings is 2. The van der Waals surface area contributed by atoms with E-state index < -0.39 is 0 Å². The fourth-order valence-corrected chi connectivity index (χ4v) is 4.90. The largest absolute Gasteiger partial charge is 0.497 e. The van der Waals surface area contributed by atoms with E-state index in [1.165, 1.54) is 0 Å². The van der Waals surface area contributed by atoms with E-state index in [2.05, 4.69) is 0 Å². The minimum Gasteiger partial charge on any atom is -0.497 e. The van der Waals surface area contributed by atoms with Crippen molar-refractivity contribution in [2.45, 2.75) is 24.2 Å². The molecule has 0 aromatic heterocycles. The first-order chi connectivity index (χ1) is 15.5. The van der Waals surface area contributed by atoms with E-state index >= 15 is 0 Å². The first-order valence-corrected chi connectivity index (χ1v) is 12.1. The fraction of sp³-hybridized carbons (Fsp3) is 0.400. The molecule has 2 amide bonds. The van der Waals surface area contributed by atoms with Crippen LogP contribution >= 0.6 is 11.8 Å². The minimum atomic E-state index is -0.323. The number of amides is 2. The molecule has 2 aromatic carbocycles. The van der Waals surface area contributed by atoms with Crippen molar-refractivity contribution in [3.63, 3.8) is 0 Å². The lowest BCUT2D eigenvalue weighted by Crippen LogP contribution is -2.43. The average molecular weight is 453 g/mol. The summed E-state index contributed by atoms with van der Waals surface area (Å²) >= 11 is 1.65. The lowest BCUT2D eigenvalue weighted by Gasteiger charge is -2.33. The maximum atomic E-state index is 13.1. The molecular weight excluding hydrogens is 424 g/mol. The summed E-state index contributed by atoms with van der Waals surface area (Å²) in [5, 5.41) is 0. The molecular formula is C25H28N2O4S. The average Bonchev–Trinajstić information content (AvgIpc) is 3.24. The molecule has 32 heavy (non-hydrogen) atoms. The van der Waals surface area contributed by atoms with Gasteiger partial charge in [0.2, 0.25) is 11.8 Å². The number of Topliss-reactive ketones (excluding diaryl/α,β-unsaturated/α-hetero) is 1. The Morgan fingerprint density at radius 2 is 1.62 bits per heavy atom. The number of hydrogen-bond acceptors (Lipinski definition) is 5. The van der Waals surface area contributed by atoms with Gasteiger partial charge in [0.15, 0.2) is 5.78 Å². The molecule has 1 atom stereocenters. The van der Waals surface area contributed by atoms with E-state index in [1.807, 2.05) is 35.4 Å². The summed E-state index contributed by atoms with van der Waals surface area (Å²) in [6.07, 6.45) is 3.56. The first kappa shape index (κ1) is 22.4. The van der Waals surface area contributed by atoms with E-state index in [1.54, 1.807) is 48.0 Å². The normalized spacial score (nSPS) is 19.3. The third kappa shape index (κ3) is 4.67. The Morgan fingerprint density at radius 1 is 0.969 bits per heavy atom. The molecule has 2 aromatic rings. The number of rotatable bonds is 6. The molecule has 0 bridgehead atoms. The smallest absolute Gasteiger partial charge is 0.228 e. The van der Waals surface area contributed by atoms with Crippen LogP contribution in [0.25, 0.3) is 0 Å². The molecule has 6 nitrogen and oxygen atoms in total. The van der Waals surface area contributed by atoms with Gasteiger partial charge < -0.3 is 14.5 Å². The van der Waals surface area contributed by atoms with Crippen LogP contribution in [0.15, 0.2) is 53.4 Å². The van der Waals surface area contributed by atoms with Crippen molar-refractivity contribution >= 4 is 35.0 Å². The van der Waals surface area contributed by atoms with Crippen molar-refractivity contribution in [1.29, 1.82) is 0 Å². The Kier molecular flexibility index (Phi) is 6.84. The highest BCUT2D eigenvalue weighted by Crippen LogP contribution is 2.30. The molecule has 2 aliphatic rings. The Morgan fingerprint density at radius 3 is 2.22 bits per heavy atom. The van der Waals surface area contributed by atoms with Gasteiger partial charge in [-0.25, -0.2) is 0 Å². The predicted molar refractivity (Wildman–Crippen MR) is 125 cm³/mol. The van der Waals surface area contributed by atoms with Crippen LogP contribution in [0.4, 0.5) is 5.69 Å². The number of likely N-dealkylation sites (tertiary alicyclic amines) is 1. The highest BCUT2D eigenvalue weighted by molar-refractivity contribution is 7.98. The van der Waals surface area contributed by atoms with Crippen molar-refractivity contribution < 1.29 is 19.1 Å². The van der Waals surface area contributed by atoms with Gasteiger partial charge in [-0.3, -0.25) is 14.4 Å². The number of carbonyl (C=O) groups excluding carboxylic acids is 3. The van der Waals surface area contributed by atoms with Crippen LogP contribution in [0.3, 0.4) is 0 Å². The molecule has 0 saturated carbocycles. The van der Waals surface area contributed by atoms with E-state index in [0.29, 0.717) is 38.0 Å². The van der Waals surface area contributed by atoms with E-state index in [9.17, 15) is 14.4 Å². The van der Waals surface area contributed by atoms with Gasteiger partial charge in [0.25, 0.3) is 0 Å². The Balaban J connectivity index is 1.33. The maximum absolute atomic E-state index is 13.1. The molecule has 2 saturated heterocycles. The molecule has 0 aliphatic carbocycles. The third-order valence-corrected chi connectivity index (χ3v) is 7.15. The van der Waals surface area contributed by atoms with Crippen LogP contribution in [0.5, 0.6) is 5.75 Å². The van der Waals surface area contributed by atoms with Crippen LogP contribution in [0, 0.1) is 11.8 Å². The number of carbonyl (C=O) groups is 3. The Hall–Kier alpha value is -2.80. The van der Waals surface area contributed by atoms with Gasteiger partial charge in [-0.2, -0.15) is 0 Å². The summed E-state index contributed by atoms with van der Waals surface area (Å²) in [7, 11) is 1.60. The van der Waals surface area contributed by atoms with Gasteiger partial charge in [0.05, 0.1) is 13.0 Å². The molecule has 4 rings (SSSR count). The highest BCUT2D eigenvalue weighted by atomic mass is 32.2. The maximum Gasteiger partial charge on any atom is 0.228 e. The first-order valence-electron chi connectivity index (χ1n) is 10.9. The second-order valence-corrected chi connectivity index (χ2v) is 9.18. The summed E-state index contributed by atoms with van der Waals surface area (Å²) in [4.78, 5) is 43.2. The van der Waals surface area contributed by atoms with Crippen molar-refractivity contribution in [2.75, 3.05) is 37.9 Å². The zero-order valence-corrected chi connectivity index (χ0v) is 19.3. The standard InChI is InChI=1S/C25H28N2O4S/c1-31-21-7-3-17(4-8-21)24(29)18-11-13-26(14-12-18)25(30)19-15-23(28)27(16-19)20-5-9-22(32-2)10-6-20/h3-10,18-19H,11-16H2,1-2H3. The Bertz CT molecular complexity index is 982. The zero-order valence-electron chi connectivity index (χ0n) is 18.5. The monoisotopic (exact) mass is 452 g/mol. The number of piperidine rings is 1. The van der Waals surface area contributed by atoms with Gasteiger partial charge in [-0.15, -0.1) is 11.8 Å². The van der Waals surface area contributed by atoms with Crippen molar-refractivity contribution in [2.24, 2.45) is 11.8 Å². The van der Waals surface area contributed by atoms with Crippen LogP contribution in [-0.2, 0) is 9.59 Å². The van der Waals surface area contributed by atoms with E-state index in [4.69, 9.17) is 4.74 Å². The topological polar surface area (TPSA) is 66.9 Å². The molecule has 0 radical (unpaired) electrons. The van der Waals surface area contributed by atoms with E-state index in [0.717, 1.165) is 16.3 Å². The van der Waals surface area contributed by atoms with Crippen LogP contribution < -0.4 is 9.64 Å². The predicted octanol–water partition coefficient (Wildman–Crippen LogP) is 3.89. The number of thioether (sulfide) groups is 1. The van der Waals surface area contributed by atoms with Crippen molar-refractivity contribution in [3.8, 4) is 5.75 Å². The van der Waals surface area contributed by atoms with Gasteiger partial charge in [-0.05, 0) is 67.6 Å². The SMILES string of the molecule is COc1ccc(C(=O)C2CCN(C(=O)C3CC(=O)N(c4ccc(SC)cc4)C3)CC2)cc1. The summed E-state index contributed by atoms with van der Waals surface area (Å²) in [6.45, 7) is 1.53. The highest BCUT2D eigenvalue weighted by Gasteiger charge is 2.38. The summed E-state index contributed by atoms with van der Waals surface area (Å²) < 4.78 is 5.15. The number of anilines is 1. The Labute approximate surface area is 192 Å². The number of nitrogens with zero attached hydrogens (tertiary/aromatic N) is 2. The van der Waals surface area contributed by atoms with Crippen LogP contribution in [-0.4, -0.2) is 55.5 Å². The molecule has 2 fully saturated rings. The van der Waals surface area contributed by atoms with Gasteiger partial charge in [0.1, 0.15) is 5.75 Å². The summed E-state index contributed by atoms with van der Waals surface area (Å²) in [5.41, 5.74) is 1.52. The second kappa shape index (κ2) is 9.77. The number of hydrogen-bond donors (Lipinski definition) is 0. The van der Waals surface area contributed by atoms with Gasteiger partial charge >= 0.3 is 0 Å². The van der Waals surface area contributed by atoms with Crippen LogP contribution in [0.2, 0.25) is 0 Å². The summed E-state index contributed by atoms with van der Waals surface area (Å²) in [6, 6.07) is 15.0. The molecule has 1 unspecified atom stereocenters. The zero-order chi connectivity index (χ0) is 22.7. The number of ketones is 1. The minimum absolute atomic E-state index is 0.00942. The van der Waals surface area contributed by atoms with E-state index in [-0.39, 0.29) is 35.9 Å². The molecule has 168 valence electrons. The molecule has 7 heteroatoms. The lowest BCUT2D eigenvalue weighted by atomic mass is 9.88. The quantitative estimate of drug-likeness (QED) is 0.491. The lowest BCUT2D eigenvalue weighted by molar-refractivity contribution is -0.137. The van der Waals surface area contributed by atoms with Gasteiger partial charge in [-0.1, -0.05) is 0 Å². The van der Waals surface area contributed by atoms with Crippen LogP contribution in [0.1, 0.15) is 29.6 Å². The molecule has 0 spiro atoms. The van der Waals surface area contributed by atoms with Crippen molar-refractivity contribution in [1.82, 2.24) is 4.90 Å². The molecule has 2 aliphatic heterocycles. The van der Waals surface area contributed by atoms with Crippen molar-refractivity contribution in [3.05, 3.63) is 54.1 Å². The number of methoxy groups -OCH3 is 1. The molecule has 0 N–H and O–H groups in total.